The standard InChI is InChI=1S/C12H18O4/c1-7-5-6-9(11(13)15-3)10(8(7)2)12(14)16-4/h5,8-10H,6H2,1-4H3. The highest BCUT2D eigenvalue weighted by Crippen LogP contribution is 2.36. The van der Waals surface area contributed by atoms with Crippen LogP contribution in [0.4, 0.5) is 0 Å². The second-order valence-electron chi connectivity index (χ2n) is 4.15. The van der Waals surface area contributed by atoms with Gasteiger partial charge in [0.25, 0.3) is 0 Å². The number of hydrogen-bond donors (Lipinski definition) is 0. The highest BCUT2D eigenvalue weighted by Gasteiger charge is 2.41. The molecule has 3 atom stereocenters. The van der Waals surface area contributed by atoms with E-state index in [0.29, 0.717) is 6.42 Å². The van der Waals surface area contributed by atoms with Crippen molar-refractivity contribution in [1.82, 2.24) is 0 Å². The smallest absolute Gasteiger partial charge is 0.310 e. The van der Waals surface area contributed by atoms with E-state index in [9.17, 15) is 9.59 Å². The molecule has 0 fully saturated rings. The van der Waals surface area contributed by atoms with Crippen LogP contribution in [-0.2, 0) is 19.1 Å². The molecule has 4 heteroatoms. The minimum absolute atomic E-state index is 0.0188. The van der Waals surface area contributed by atoms with Crippen LogP contribution in [0.2, 0.25) is 0 Å². The summed E-state index contributed by atoms with van der Waals surface area (Å²) in [4.78, 5) is 23.3. The van der Waals surface area contributed by atoms with E-state index in [1.807, 2.05) is 19.9 Å². The molecule has 0 bridgehead atoms. The molecule has 0 radical (unpaired) electrons. The molecule has 1 rings (SSSR count). The van der Waals surface area contributed by atoms with E-state index in [0.717, 1.165) is 5.57 Å². The predicted octanol–water partition coefficient (Wildman–Crippen LogP) is 1.55. The molecule has 0 saturated heterocycles. The minimum Gasteiger partial charge on any atom is -0.469 e. The number of hydrogen-bond acceptors (Lipinski definition) is 4. The molecule has 1 aliphatic carbocycles. The van der Waals surface area contributed by atoms with Crippen molar-refractivity contribution >= 4 is 11.9 Å². The highest BCUT2D eigenvalue weighted by atomic mass is 16.5. The Morgan fingerprint density at radius 3 is 2.31 bits per heavy atom. The molecule has 0 N–H and O–H groups in total. The molecule has 90 valence electrons. The molecule has 0 aromatic carbocycles. The lowest BCUT2D eigenvalue weighted by molar-refractivity contribution is -0.159. The quantitative estimate of drug-likeness (QED) is 0.529. The maximum Gasteiger partial charge on any atom is 0.310 e. The number of rotatable bonds is 2. The van der Waals surface area contributed by atoms with Crippen LogP contribution in [0.25, 0.3) is 0 Å². The average molecular weight is 226 g/mol. The van der Waals surface area contributed by atoms with Crippen molar-refractivity contribution < 1.29 is 19.1 Å². The Morgan fingerprint density at radius 1 is 1.25 bits per heavy atom. The van der Waals surface area contributed by atoms with Gasteiger partial charge in [-0.15, -0.1) is 0 Å². The van der Waals surface area contributed by atoms with Gasteiger partial charge in [-0.2, -0.15) is 0 Å². The van der Waals surface area contributed by atoms with Crippen LogP contribution >= 0.6 is 0 Å². The van der Waals surface area contributed by atoms with Gasteiger partial charge in [0.15, 0.2) is 0 Å². The largest absolute Gasteiger partial charge is 0.469 e. The van der Waals surface area contributed by atoms with Crippen molar-refractivity contribution in [3.8, 4) is 0 Å². The van der Waals surface area contributed by atoms with Gasteiger partial charge >= 0.3 is 11.9 Å². The monoisotopic (exact) mass is 226 g/mol. The zero-order valence-corrected chi connectivity index (χ0v) is 10.1. The van der Waals surface area contributed by atoms with Crippen molar-refractivity contribution in [2.45, 2.75) is 20.3 Å². The SMILES string of the molecule is COC(=O)C1CC=C(C)C(C)C1C(=O)OC. The van der Waals surface area contributed by atoms with Crippen LogP contribution in [0.5, 0.6) is 0 Å². The van der Waals surface area contributed by atoms with Gasteiger partial charge in [0, 0.05) is 0 Å². The second-order valence-corrected chi connectivity index (χ2v) is 4.15. The van der Waals surface area contributed by atoms with E-state index < -0.39 is 11.8 Å². The van der Waals surface area contributed by atoms with E-state index in [1.54, 1.807) is 0 Å². The van der Waals surface area contributed by atoms with Gasteiger partial charge < -0.3 is 9.47 Å². The van der Waals surface area contributed by atoms with Gasteiger partial charge in [-0.05, 0) is 19.3 Å². The zero-order valence-electron chi connectivity index (χ0n) is 10.1. The Kier molecular flexibility index (Phi) is 4.10. The maximum absolute atomic E-state index is 11.7. The number of carbonyl (C=O) groups is 2. The van der Waals surface area contributed by atoms with Gasteiger partial charge in [-0.25, -0.2) is 0 Å². The lowest BCUT2D eigenvalue weighted by Gasteiger charge is -2.32. The number of allylic oxidation sites excluding steroid dienone is 2. The first-order chi connectivity index (χ1) is 7.52. The topological polar surface area (TPSA) is 52.6 Å². The summed E-state index contributed by atoms with van der Waals surface area (Å²) in [6.45, 7) is 3.90. The molecule has 0 aromatic rings. The van der Waals surface area contributed by atoms with Crippen LogP contribution in [0.3, 0.4) is 0 Å². The maximum atomic E-state index is 11.7. The normalized spacial score (nSPS) is 29.2. The number of esters is 2. The molecule has 3 unspecified atom stereocenters. The van der Waals surface area contributed by atoms with Gasteiger partial charge in [0.05, 0.1) is 26.1 Å². The van der Waals surface area contributed by atoms with E-state index >= 15 is 0 Å². The molecular formula is C12H18O4. The summed E-state index contributed by atoms with van der Waals surface area (Å²) in [5.74, 6) is -1.51. The average Bonchev–Trinajstić information content (AvgIpc) is 2.30. The Labute approximate surface area is 95.6 Å². The third kappa shape index (κ3) is 2.26. The lowest BCUT2D eigenvalue weighted by Crippen LogP contribution is -2.38. The van der Waals surface area contributed by atoms with Crippen molar-refractivity contribution in [2.24, 2.45) is 17.8 Å². The molecule has 0 amide bonds. The fourth-order valence-electron chi connectivity index (χ4n) is 2.18. The van der Waals surface area contributed by atoms with Crippen molar-refractivity contribution in [1.29, 1.82) is 0 Å². The molecular weight excluding hydrogens is 208 g/mol. The third-order valence-electron chi connectivity index (χ3n) is 3.36. The number of ether oxygens (including phenoxy) is 2. The van der Waals surface area contributed by atoms with Crippen LogP contribution in [0, 0.1) is 17.8 Å². The lowest BCUT2D eigenvalue weighted by atomic mass is 9.73. The summed E-state index contributed by atoms with van der Waals surface area (Å²) in [6.07, 6.45) is 2.54. The Morgan fingerprint density at radius 2 is 1.81 bits per heavy atom. The van der Waals surface area contributed by atoms with E-state index in [-0.39, 0.29) is 17.9 Å². The fourth-order valence-corrected chi connectivity index (χ4v) is 2.18. The van der Waals surface area contributed by atoms with E-state index in [4.69, 9.17) is 9.47 Å². The molecule has 1 aliphatic rings. The first-order valence-electron chi connectivity index (χ1n) is 5.35. The van der Waals surface area contributed by atoms with Crippen LogP contribution in [-0.4, -0.2) is 26.2 Å². The molecule has 0 aromatic heterocycles. The predicted molar refractivity (Wildman–Crippen MR) is 58.6 cm³/mol. The second kappa shape index (κ2) is 5.14. The summed E-state index contributed by atoms with van der Waals surface area (Å²) in [5.41, 5.74) is 1.12. The third-order valence-corrected chi connectivity index (χ3v) is 3.36. The number of carbonyl (C=O) groups excluding carboxylic acids is 2. The van der Waals surface area contributed by atoms with Gasteiger partial charge in [-0.1, -0.05) is 18.6 Å². The van der Waals surface area contributed by atoms with Gasteiger partial charge in [-0.3, -0.25) is 9.59 Å². The summed E-state index contributed by atoms with van der Waals surface area (Å²) >= 11 is 0. The van der Waals surface area contributed by atoms with Crippen LogP contribution in [0.1, 0.15) is 20.3 Å². The highest BCUT2D eigenvalue weighted by molar-refractivity contribution is 5.83. The summed E-state index contributed by atoms with van der Waals surface area (Å²) in [5, 5.41) is 0. The van der Waals surface area contributed by atoms with Crippen molar-refractivity contribution in [3.05, 3.63) is 11.6 Å². The molecule has 0 heterocycles. The fraction of sp³-hybridized carbons (Fsp3) is 0.667. The molecule has 0 spiro atoms. The number of methoxy groups -OCH3 is 2. The summed E-state index contributed by atoms with van der Waals surface area (Å²) in [7, 11) is 2.68. The van der Waals surface area contributed by atoms with Crippen molar-refractivity contribution in [3.63, 3.8) is 0 Å². The van der Waals surface area contributed by atoms with Crippen molar-refractivity contribution in [2.75, 3.05) is 14.2 Å². The molecule has 16 heavy (non-hydrogen) atoms. The first kappa shape index (κ1) is 12.7. The molecule has 4 nitrogen and oxygen atoms in total. The Bertz CT molecular complexity index is 319. The first-order valence-corrected chi connectivity index (χ1v) is 5.35. The van der Waals surface area contributed by atoms with Crippen LogP contribution < -0.4 is 0 Å². The summed E-state index contributed by atoms with van der Waals surface area (Å²) in [6, 6.07) is 0. The molecule has 0 saturated carbocycles. The van der Waals surface area contributed by atoms with Gasteiger partial charge in [0.2, 0.25) is 0 Å². The Balaban J connectivity index is 2.99. The zero-order chi connectivity index (χ0) is 12.3. The van der Waals surface area contributed by atoms with E-state index in [2.05, 4.69) is 0 Å². The Hall–Kier alpha value is -1.32. The van der Waals surface area contributed by atoms with E-state index in [1.165, 1.54) is 14.2 Å². The summed E-state index contributed by atoms with van der Waals surface area (Å²) < 4.78 is 9.48. The van der Waals surface area contributed by atoms with Gasteiger partial charge in [0.1, 0.15) is 0 Å². The minimum atomic E-state index is -0.428. The molecule has 0 aliphatic heterocycles. The van der Waals surface area contributed by atoms with Crippen LogP contribution in [0.15, 0.2) is 11.6 Å².